The third-order valence-electron chi connectivity index (χ3n) is 2.38. The van der Waals surface area contributed by atoms with Crippen molar-refractivity contribution >= 4 is 15.9 Å². The topological polar surface area (TPSA) is 37.9 Å². The van der Waals surface area contributed by atoms with Gasteiger partial charge in [0, 0.05) is 23.6 Å². The van der Waals surface area contributed by atoms with Crippen molar-refractivity contribution in [2.75, 3.05) is 7.11 Å². The number of H-pyrrole nitrogens is 1. The number of hydrogen-bond donors (Lipinski definition) is 1. The summed E-state index contributed by atoms with van der Waals surface area (Å²) in [5.41, 5.74) is 1.19. The predicted molar refractivity (Wildman–Crippen MR) is 67.0 cm³/mol. The molecule has 0 saturated heterocycles. The van der Waals surface area contributed by atoms with Crippen LogP contribution in [-0.2, 0) is 6.42 Å². The van der Waals surface area contributed by atoms with Gasteiger partial charge in [-0.1, -0.05) is 28.1 Å². The van der Waals surface area contributed by atoms with Gasteiger partial charge in [-0.25, -0.2) is 4.98 Å². The molecule has 2 aromatic rings. The molecule has 1 unspecified atom stereocenters. The Labute approximate surface area is 103 Å². The number of halogens is 1. The fourth-order valence-corrected chi connectivity index (χ4v) is 2.12. The number of alkyl halides is 1. The number of imidazole rings is 1. The second kappa shape index (κ2) is 5.16. The lowest BCUT2D eigenvalue weighted by atomic mass is 10.1. The van der Waals surface area contributed by atoms with Gasteiger partial charge in [-0.15, -0.1) is 0 Å². The van der Waals surface area contributed by atoms with E-state index in [1.807, 2.05) is 24.4 Å². The summed E-state index contributed by atoms with van der Waals surface area (Å²) in [5, 5.41) is 0. The second-order valence-electron chi connectivity index (χ2n) is 3.48. The van der Waals surface area contributed by atoms with Crippen molar-refractivity contribution in [2.45, 2.75) is 11.2 Å². The predicted octanol–water partition coefficient (Wildman–Crippen LogP) is 3.10. The summed E-state index contributed by atoms with van der Waals surface area (Å²) in [6, 6.07) is 8.04. The summed E-state index contributed by atoms with van der Waals surface area (Å²) >= 11 is 3.66. The van der Waals surface area contributed by atoms with Crippen LogP contribution in [0.25, 0.3) is 0 Å². The summed E-state index contributed by atoms with van der Waals surface area (Å²) in [4.78, 5) is 7.55. The Morgan fingerprint density at radius 3 is 3.06 bits per heavy atom. The molecule has 0 spiro atoms. The molecule has 84 valence electrons. The Hall–Kier alpha value is -1.29. The van der Waals surface area contributed by atoms with E-state index in [1.54, 1.807) is 13.3 Å². The lowest BCUT2D eigenvalue weighted by Crippen LogP contribution is -1.97. The molecule has 0 aliphatic heterocycles. The highest BCUT2D eigenvalue weighted by molar-refractivity contribution is 9.09. The Balaban J connectivity index is 2.11. The van der Waals surface area contributed by atoms with Gasteiger partial charge in [0.25, 0.3) is 0 Å². The van der Waals surface area contributed by atoms with Gasteiger partial charge in [0.2, 0.25) is 0 Å². The van der Waals surface area contributed by atoms with Crippen LogP contribution in [0.1, 0.15) is 16.2 Å². The van der Waals surface area contributed by atoms with Gasteiger partial charge in [-0.2, -0.15) is 0 Å². The minimum Gasteiger partial charge on any atom is -0.497 e. The minimum atomic E-state index is 0.244. The molecular formula is C12H13BrN2O. The number of hydrogen-bond acceptors (Lipinski definition) is 2. The molecule has 0 saturated carbocycles. The number of ether oxygens (including phenoxy) is 1. The van der Waals surface area contributed by atoms with Crippen LogP contribution in [0.4, 0.5) is 0 Å². The lowest BCUT2D eigenvalue weighted by Gasteiger charge is -2.09. The van der Waals surface area contributed by atoms with E-state index >= 15 is 0 Å². The maximum absolute atomic E-state index is 5.20. The molecule has 0 fully saturated rings. The van der Waals surface area contributed by atoms with E-state index in [0.717, 1.165) is 18.0 Å². The van der Waals surface area contributed by atoms with Gasteiger partial charge in [0.15, 0.2) is 0 Å². The zero-order chi connectivity index (χ0) is 11.4. The Bertz CT molecular complexity index is 442. The normalized spacial score (nSPS) is 12.4. The van der Waals surface area contributed by atoms with Crippen molar-refractivity contribution in [3.05, 3.63) is 48.0 Å². The maximum Gasteiger partial charge on any atom is 0.119 e. The molecular weight excluding hydrogens is 268 g/mol. The summed E-state index contributed by atoms with van der Waals surface area (Å²) in [6.45, 7) is 0. The molecule has 1 N–H and O–H groups in total. The first-order chi connectivity index (χ1) is 7.79. The van der Waals surface area contributed by atoms with Gasteiger partial charge in [0.05, 0.1) is 7.11 Å². The smallest absolute Gasteiger partial charge is 0.119 e. The highest BCUT2D eigenvalue weighted by Gasteiger charge is 2.10. The fourth-order valence-electron chi connectivity index (χ4n) is 1.53. The molecule has 16 heavy (non-hydrogen) atoms. The van der Waals surface area contributed by atoms with Crippen LogP contribution in [0.15, 0.2) is 36.7 Å². The van der Waals surface area contributed by atoms with Crippen molar-refractivity contribution in [3.63, 3.8) is 0 Å². The third kappa shape index (κ3) is 2.64. The summed E-state index contributed by atoms with van der Waals surface area (Å²) in [5.74, 6) is 1.85. The highest BCUT2D eigenvalue weighted by atomic mass is 79.9. The first-order valence-electron chi connectivity index (χ1n) is 5.06. The molecule has 0 aliphatic carbocycles. The van der Waals surface area contributed by atoms with E-state index in [1.165, 1.54) is 5.56 Å². The number of aromatic nitrogens is 2. The molecule has 0 amide bonds. The molecule has 1 aromatic heterocycles. The van der Waals surface area contributed by atoms with Crippen molar-refractivity contribution in [2.24, 2.45) is 0 Å². The van der Waals surface area contributed by atoms with Crippen molar-refractivity contribution in [3.8, 4) is 5.75 Å². The zero-order valence-corrected chi connectivity index (χ0v) is 10.6. The van der Waals surface area contributed by atoms with E-state index < -0.39 is 0 Å². The Morgan fingerprint density at radius 2 is 2.38 bits per heavy atom. The van der Waals surface area contributed by atoms with Crippen LogP contribution in [0.2, 0.25) is 0 Å². The molecule has 1 atom stereocenters. The number of rotatable bonds is 4. The van der Waals surface area contributed by atoms with Crippen LogP contribution in [0.3, 0.4) is 0 Å². The Kier molecular flexibility index (Phi) is 3.62. The molecule has 2 rings (SSSR count). The van der Waals surface area contributed by atoms with E-state index in [2.05, 4.69) is 32.0 Å². The van der Waals surface area contributed by atoms with Gasteiger partial charge in [-0.3, -0.25) is 0 Å². The van der Waals surface area contributed by atoms with E-state index in [4.69, 9.17) is 4.74 Å². The Morgan fingerprint density at radius 1 is 1.50 bits per heavy atom. The number of nitrogens with one attached hydrogen (secondary N) is 1. The van der Waals surface area contributed by atoms with Crippen LogP contribution in [0.5, 0.6) is 5.75 Å². The first kappa shape index (κ1) is 11.2. The van der Waals surface area contributed by atoms with Crippen molar-refractivity contribution in [1.82, 2.24) is 9.97 Å². The summed E-state index contributed by atoms with van der Waals surface area (Å²) in [6.07, 6.45) is 4.43. The molecule has 0 aliphatic rings. The van der Waals surface area contributed by atoms with Gasteiger partial charge < -0.3 is 9.72 Å². The highest BCUT2D eigenvalue weighted by Crippen LogP contribution is 2.28. The standard InChI is InChI=1S/C12H13BrN2O/c1-16-10-4-2-3-9(7-10)11(13)8-12-14-5-6-15-12/h2-7,11H,8H2,1H3,(H,14,15). The monoisotopic (exact) mass is 280 g/mol. The molecule has 1 heterocycles. The van der Waals surface area contributed by atoms with Gasteiger partial charge in [-0.05, 0) is 17.7 Å². The largest absolute Gasteiger partial charge is 0.497 e. The fraction of sp³-hybridized carbons (Fsp3) is 0.250. The average Bonchev–Trinajstić information content (AvgIpc) is 2.82. The quantitative estimate of drug-likeness (QED) is 0.874. The molecule has 0 bridgehead atoms. The second-order valence-corrected chi connectivity index (χ2v) is 4.59. The lowest BCUT2D eigenvalue weighted by molar-refractivity contribution is 0.414. The van der Waals surface area contributed by atoms with Crippen molar-refractivity contribution < 1.29 is 4.74 Å². The van der Waals surface area contributed by atoms with E-state index in [9.17, 15) is 0 Å². The van der Waals surface area contributed by atoms with Crippen LogP contribution in [0, 0.1) is 0 Å². The maximum atomic E-state index is 5.20. The number of aromatic amines is 1. The van der Waals surface area contributed by atoms with E-state index in [0.29, 0.717) is 0 Å². The van der Waals surface area contributed by atoms with Gasteiger partial charge in [0.1, 0.15) is 11.6 Å². The average molecular weight is 281 g/mol. The first-order valence-corrected chi connectivity index (χ1v) is 5.97. The number of methoxy groups -OCH3 is 1. The van der Waals surface area contributed by atoms with Crippen LogP contribution < -0.4 is 4.74 Å². The summed E-state index contributed by atoms with van der Waals surface area (Å²) < 4.78 is 5.20. The minimum absolute atomic E-state index is 0.244. The number of benzene rings is 1. The zero-order valence-electron chi connectivity index (χ0n) is 8.98. The van der Waals surface area contributed by atoms with Crippen molar-refractivity contribution in [1.29, 1.82) is 0 Å². The van der Waals surface area contributed by atoms with Crippen LogP contribution in [-0.4, -0.2) is 17.1 Å². The molecule has 3 nitrogen and oxygen atoms in total. The molecule has 0 radical (unpaired) electrons. The van der Waals surface area contributed by atoms with Gasteiger partial charge >= 0.3 is 0 Å². The van der Waals surface area contributed by atoms with Crippen LogP contribution >= 0.6 is 15.9 Å². The third-order valence-corrected chi connectivity index (χ3v) is 3.24. The molecule has 4 heteroatoms. The molecule has 1 aromatic carbocycles. The number of nitrogens with zero attached hydrogens (tertiary/aromatic N) is 1. The summed E-state index contributed by atoms with van der Waals surface area (Å²) in [7, 11) is 1.68. The SMILES string of the molecule is COc1cccc(C(Br)Cc2ncc[nH]2)c1. The van der Waals surface area contributed by atoms with E-state index in [-0.39, 0.29) is 4.83 Å².